The van der Waals surface area contributed by atoms with Crippen molar-refractivity contribution >= 4 is 29.9 Å². The van der Waals surface area contributed by atoms with Crippen molar-refractivity contribution in [1.29, 1.82) is 0 Å². The van der Waals surface area contributed by atoms with Gasteiger partial charge in [-0.1, -0.05) is 30.3 Å². The first-order chi connectivity index (χ1) is 14.6. The van der Waals surface area contributed by atoms with Crippen molar-refractivity contribution in [3.8, 4) is 11.5 Å². The number of hydrogen-bond acceptors (Lipinski definition) is 4. The van der Waals surface area contributed by atoms with Crippen molar-refractivity contribution < 1.29 is 4.74 Å². The molecule has 1 aliphatic rings. The first-order valence-electron chi connectivity index (χ1n) is 10.8. The molecule has 0 unspecified atom stereocenters. The SMILES string of the molecule is CN=C(NCCN1CCCN(C)CC1)NCc1ccc(C)cc1Oc1ccccc1.I. The van der Waals surface area contributed by atoms with Crippen molar-refractivity contribution in [3.63, 3.8) is 0 Å². The molecule has 3 rings (SSSR count). The van der Waals surface area contributed by atoms with Crippen LogP contribution in [-0.2, 0) is 6.54 Å². The minimum atomic E-state index is 0. The smallest absolute Gasteiger partial charge is 0.191 e. The number of nitrogens with zero attached hydrogens (tertiary/aromatic N) is 3. The predicted molar refractivity (Wildman–Crippen MR) is 140 cm³/mol. The van der Waals surface area contributed by atoms with E-state index in [1.165, 1.54) is 25.1 Å². The van der Waals surface area contributed by atoms with Crippen LogP contribution < -0.4 is 15.4 Å². The molecule has 6 nitrogen and oxygen atoms in total. The van der Waals surface area contributed by atoms with E-state index in [-0.39, 0.29) is 24.0 Å². The van der Waals surface area contributed by atoms with Crippen molar-refractivity contribution in [2.75, 3.05) is 53.4 Å². The van der Waals surface area contributed by atoms with Gasteiger partial charge in [-0.2, -0.15) is 0 Å². The number of guanidine groups is 1. The van der Waals surface area contributed by atoms with Crippen LogP contribution in [0.5, 0.6) is 11.5 Å². The van der Waals surface area contributed by atoms with Gasteiger partial charge in [0, 0.05) is 45.3 Å². The molecule has 0 saturated carbocycles. The number of benzene rings is 2. The zero-order chi connectivity index (χ0) is 21.2. The zero-order valence-corrected chi connectivity index (χ0v) is 21.3. The molecule has 2 aromatic carbocycles. The van der Waals surface area contributed by atoms with Crippen molar-refractivity contribution in [1.82, 2.24) is 20.4 Å². The maximum atomic E-state index is 6.13. The molecular weight excluding hydrogens is 501 g/mol. The van der Waals surface area contributed by atoms with Crippen LogP contribution in [0.25, 0.3) is 0 Å². The van der Waals surface area contributed by atoms with Crippen LogP contribution in [0, 0.1) is 6.92 Å². The topological polar surface area (TPSA) is 52.1 Å². The lowest BCUT2D eigenvalue weighted by Crippen LogP contribution is -2.42. The third kappa shape index (κ3) is 8.66. The maximum Gasteiger partial charge on any atom is 0.191 e. The second kappa shape index (κ2) is 13.5. The first-order valence-corrected chi connectivity index (χ1v) is 10.8. The van der Waals surface area contributed by atoms with E-state index in [9.17, 15) is 0 Å². The minimum absolute atomic E-state index is 0. The Kier molecular flexibility index (Phi) is 11.1. The van der Waals surface area contributed by atoms with Crippen LogP contribution in [0.15, 0.2) is 53.5 Å². The molecule has 0 aromatic heterocycles. The Morgan fingerprint density at radius 2 is 1.84 bits per heavy atom. The number of ether oxygens (including phenoxy) is 1. The molecular formula is C24H36IN5O. The van der Waals surface area contributed by atoms with Crippen LogP contribution in [0.2, 0.25) is 0 Å². The number of hydrogen-bond donors (Lipinski definition) is 2. The summed E-state index contributed by atoms with van der Waals surface area (Å²) in [6.45, 7) is 9.27. The van der Waals surface area contributed by atoms with E-state index in [0.29, 0.717) is 6.54 Å². The van der Waals surface area contributed by atoms with Crippen LogP contribution in [0.3, 0.4) is 0 Å². The quantitative estimate of drug-likeness (QED) is 0.321. The lowest BCUT2D eigenvalue weighted by atomic mass is 10.1. The molecule has 7 heteroatoms. The predicted octanol–water partition coefficient (Wildman–Crippen LogP) is 3.71. The lowest BCUT2D eigenvalue weighted by molar-refractivity contribution is 0.280. The van der Waals surface area contributed by atoms with Crippen LogP contribution in [0.4, 0.5) is 0 Å². The zero-order valence-electron chi connectivity index (χ0n) is 18.9. The fourth-order valence-corrected chi connectivity index (χ4v) is 3.57. The largest absolute Gasteiger partial charge is 0.457 e. The van der Waals surface area contributed by atoms with E-state index in [0.717, 1.165) is 49.2 Å². The van der Waals surface area contributed by atoms with Gasteiger partial charge in [-0.3, -0.25) is 4.99 Å². The van der Waals surface area contributed by atoms with Gasteiger partial charge < -0.3 is 25.2 Å². The number of aliphatic imine (C=N–C) groups is 1. The van der Waals surface area contributed by atoms with E-state index in [2.05, 4.69) is 57.6 Å². The van der Waals surface area contributed by atoms with E-state index in [1.807, 2.05) is 37.4 Å². The standard InChI is InChI=1S/C24H35N5O.HI/c1-20-10-11-21(23(18-20)30-22-8-5-4-6-9-22)19-27-24(25-2)26-12-15-29-14-7-13-28(3)16-17-29;/h4-6,8-11,18H,7,12-17,19H2,1-3H3,(H2,25,26,27);1H. The molecule has 170 valence electrons. The van der Waals surface area contributed by atoms with Gasteiger partial charge in [-0.15, -0.1) is 24.0 Å². The van der Waals surface area contributed by atoms with Crippen LogP contribution in [-0.4, -0.2) is 69.1 Å². The Morgan fingerprint density at radius 1 is 1.03 bits per heavy atom. The Labute approximate surface area is 204 Å². The van der Waals surface area contributed by atoms with E-state index >= 15 is 0 Å². The molecule has 0 bridgehead atoms. The number of para-hydroxylation sites is 1. The van der Waals surface area contributed by atoms with Crippen LogP contribution in [0.1, 0.15) is 17.5 Å². The molecule has 0 aliphatic carbocycles. The summed E-state index contributed by atoms with van der Waals surface area (Å²) in [4.78, 5) is 9.31. The number of aryl methyl sites for hydroxylation is 1. The number of halogens is 1. The van der Waals surface area contributed by atoms with Crippen molar-refractivity contribution in [2.24, 2.45) is 4.99 Å². The summed E-state index contributed by atoms with van der Waals surface area (Å²) < 4.78 is 6.13. The Hall–Kier alpha value is -1.84. The molecule has 2 N–H and O–H groups in total. The van der Waals surface area contributed by atoms with E-state index in [1.54, 1.807) is 0 Å². The number of nitrogens with one attached hydrogen (secondary N) is 2. The third-order valence-corrected chi connectivity index (χ3v) is 5.40. The molecule has 31 heavy (non-hydrogen) atoms. The molecule has 1 fully saturated rings. The number of rotatable bonds is 7. The second-order valence-corrected chi connectivity index (χ2v) is 7.88. The monoisotopic (exact) mass is 537 g/mol. The molecule has 1 heterocycles. The van der Waals surface area contributed by atoms with Crippen molar-refractivity contribution in [3.05, 3.63) is 59.7 Å². The van der Waals surface area contributed by atoms with Gasteiger partial charge in [0.1, 0.15) is 11.5 Å². The first kappa shape index (κ1) is 25.4. The fourth-order valence-electron chi connectivity index (χ4n) is 3.57. The molecule has 0 amide bonds. The molecule has 0 radical (unpaired) electrons. The molecule has 0 atom stereocenters. The van der Waals surface area contributed by atoms with Gasteiger partial charge in [0.05, 0.1) is 0 Å². The van der Waals surface area contributed by atoms with Gasteiger partial charge in [-0.25, -0.2) is 0 Å². The summed E-state index contributed by atoms with van der Waals surface area (Å²) >= 11 is 0. The Bertz CT molecular complexity index is 815. The van der Waals surface area contributed by atoms with E-state index < -0.39 is 0 Å². The highest BCUT2D eigenvalue weighted by molar-refractivity contribution is 14.0. The highest BCUT2D eigenvalue weighted by Gasteiger charge is 2.12. The third-order valence-electron chi connectivity index (χ3n) is 5.40. The number of likely N-dealkylation sites (N-methyl/N-ethyl adjacent to an activating group) is 1. The van der Waals surface area contributed by atoms with Crippen molar-refractivity contribution in [2.45, 2.75) is 19.9 Å². The minimum Gasteiger partial charge on any atom is -0.457 e. The lowest BCUT2D eigenvalue weighted by Gasteiger charge is -2.21. The summed E-state index contributed by atoms with van der Waals surface area (Å²) in [7, 11) is 4.01. The summed E-state index contributed by atoms with van der Waals surface area (Å²) in [6.07, 6.45) is 1.24. The summed E-state index contributed by atoms with van der Waals surface area (Å²) in [5, 5.41) is 6.86. The molecule has 1 aliphatic heterocycles. The average Bonchev–Trinajstić information content (AvgIpc) is 2.96. The molecule has 2 aromatic rings. The average molecular weight is 537 g/mol. The molecule has 1 saturated heterocycles. The Balaban J connectivity index is 0.00000341. The summed E-state index contributed by atoms with van der Waals surface area (Å²) in [5.74, 6) is 2.53. The highest BCUT2D eigenvalue weighted by Crippen LogP contribution is 2.26. The second-order valence-electron chi connectivity index (χ2n) is 7.88. The summed E-state index contributed by atoms with van der Waals surface area (Å²) in [6, 6.07) is 16.2. The van der Waals surface area contributed by atoms with Gasteiger partial charge >= 0.3 is 0 Å². The normalized spacial score (nSPS) is 15.6. The fraction of sp³-hybridized carbons (Fsp3) is 0.458. The Morgan fingerprint density at radius 3 is 2.61 bits per heavy atom. The van der Waals surface area contributed by atoms with Gasteiger partial charge in [0.15, 0.2) is 5.96 Å². The highest BCUT2D eigenvalue weighted by atomic mass is 127. The molecule has 0 spiro atoms. The van der Waals surface area contributed by atoms with Gasteiger partial charge in [0.2, 0.25) is 0 Å². The van der Waals surface area contributed by atoms with Gasteiger partial charge in [0.25, 0.3) is 0 Å². The maximum absolute atomic E-state index is 6.13. The van der Waals surface area contributed by atoms with Crippen LogP contribution >= 0.6 is 24.0 Å². The summed E-state index contributed by atoms with van der Waals surface area (Å²) in [5.41, 5.74) is 2.28. The van der Waals surface area contributed by atoms with E-state index in [4.69, 9.17) is 4.74 Å². The van der Waals surface area contributed by atoms with Gasteiger partial charge in [-0.05, 0) is 57.2 Å².